The van der Waals surface area contributed by atoms with Crippen LogP contribution in [0.5, 0.6) is 11.5 Å². The molecule has 2 aromatic rings. The van der Waals surface area contributed by atoms with Gasteiger partial charge in [-0.3, -0.25) is 0 Å². The molecule has 0 spiro atoms. The average Bonchev–Trinajstić information content (AvgIpc) is 2.57. The van der Waals surface area contributed by atoms with E-state index in [1.807, 2.05) is 0 Å². The third-order valence-corrected chi connectivity index (χ3v) is 3.64. The predicted octanol–water partition coefficient (Wildman–Crippen LogP) is 3.94. The molecule has 1 N–H and O–H groups in total. The van der Waals surface area contributed by atoms with Gasteiger partial charge in [0.2, 0.25) is 0 Å². The number of cyclic esters (lactones) is 2. The van der Waals surface area contributed by atoms with Crippen molar-refractivity contribution in [1.82, 2.24) is 4.98 Å². The Labute approximate surface area is 162 Å². The van der Waals surface area contributed by atoms with Crippen LogP contribution in [-0.4, -0.2) is 22.7 Å². The second kappa shape index (κ2) is 7.43. The Morgan fingerprint density at radius 3 is 2.46 bits per heavy atom. The lowest BCUT2D eigenvalue weighted by atomic mass is 10.2. The van der Waals surface area contributed by atoms with E-state index >= 15 is 0 Å². The molecule has 146 valence electrons. The number of anilines is 1. The fourth-order valence-electron chi connectivity index (χ4n) is 2.22. The minimum atomic E-state index is -1.41. The lowest BCUT2D eigenvalue weighted by molar-refractivity contribution is -0.222. The fourth-order valence-corrected chi connectivity index (χ4v) is 2.38. The van der Waals surface area contributed by atoms with Crippen LogP contribution in [0.15, 0.2) is 42.2 Å². The van der Waals surface area contributed by atoms with E-state index in [0.717, 1.165) is 18.3 Å². The number of rotatable bonds is 4. The van der Waals surface area contributed by atoms with Crippen molar-refractivity contribution in [1.29, 1.82) is 0 Å². The summed E-state index contributed by atoms with van der Waals surface area (Å²) in [6, 6.07) is 4.35. The number of pyridine rings is 1. The van der Waals surface area contributed by atoms with E-state index in [-0.39, 0.29) is 16.6 Å². The van der Waals surface area contributed by atoms with Gasteiger partial charge in [-0.15, -0.1) is 0 Å². The van der Waals surface area contributed by atoms with E-state index in [2.05, 4.69) is 10.3 Å². The van der Waals surface area contributed by atoms with Gasteiger partial charge in [0.15, 0.2) is 23.0 Å². The van der Waals surface area contributed by atoms with E-state index in [9.17, 15) is 18.4 Å². The van der Waals surface area contributed by atoms with Gasteiger partial charge in [-0.2, -0.15) is 0 Å². The number of carbonyl (C=O) groups is 2. The second-order valence-electron chi connectivity index (χ2n) is 6.06. The van der Waals surface area contributed by atoms with Crippen molar-refractivity contribution in [3.63, 3.8) is 0 Å². The molecular formula is C18H13ClF2N2O5. The molecule has 2 heterocycles. The largest absolute Gasteiger partial charge is 0.454 e. The highest BCUT2D eigenvalue weighted by Crippen LogP contribution is 2.30. The van der Waals surface area contributed by atoms with Gasteiger partial charge >= 0.3 is 11.9 Å². The number of carbonyl (C=O) groups excluding carboxylic acids is 2. The number of ether oxygens (including phenoxy) is 3. The fraction of sp³-hybridized carbons (Fsp3) is 0.167. The van der Waals surface area contributed by atoms with Crippen LogP contribution in [0.4, 0.5) is 14.5 Å². The van der Waals surface area contributed by atoms with Crippen LogP contribution >= 0.6 is 11.6 Å². The molecular weight excluding hydrogens is 398 g/mol. The van der Waals surface area contributed by atoms with E-state index in [1.54, 1.807) is 0 Å². The van der Waals surface area contributed by atoms with Crippen LogP contribution in [-0.2, 0) is 19.1 Å². The summed E-state index contributed by atoms with van der Waals surface area (Å²) in [4.78, 5) is 27.4. The molecule has 0 saturated carbocycles. The molecule has 0 atom stereocenters. The maximum absolute atomic E-state index is 14.3. The first-order valence-electron chi connectivity index (χ1n) is 7.86. The van der Waals surface area contributed by atoms with Crippen LogP contribution < -0.4 is 10.1 Å². The number of esters is 2. The zero-order valence-electron chi connectivity index (χ0n) is 14.6. The second-order valence-corrected chi connectivity index (χ2v) is 6.45. The number of hydrogen-bond donors (Lipinski definition) is 1. The summed E-state index contributed by atoms with van der Waals surface area (Å²) in [6.07, 6.45) is 2.22. The standard InChI is InChI=1S/C18H13ClF2N2O5/c1-18(2)27-16(24)10(17(25)28-18)8-23-13-6-12(21)14(7-11(13)20)26-9-3-4-22-15(19)5-9/h3-8,23H,1-2H3. The van der Waals surface area contributed by atoms with Gasteiger partial charge in [0, 0.05) is 44.4 Å². The van der Waals surface area contributed by atoms with Gasteiger partial charge < -0.3 is 19.5 Å². The Balaban J connectivity index is 1.79. The first-order valence-corrected chi connectivity index (χ1v) is 8.24. The van der Waals surface area contributed by atoms with Gasteiger partial charge in [0.1, 0.15) is 10.9 Å². The quantitative estimate of drug-likeness (QED) is 0.353. The molecule has 0 unspecified atom stereocenters. The maximum atomic E-state index is 14.3. The van der Waals surface area contributed by atoms with Crippen LogP contribution in [0.3, 0.4) is 0 Å². The normalized spacial score (nSPS) is 15.5. The Bertz CT molecular complexity index is 972. The van der Waals surface area contributed by atoms with Crippen molar-refractivity contribution in [3.05, 3.63) is 59.0 Å². The Morgan fingerprint density at radius 1 is 1.14 bits per heavy atom. The van der Waals surface area contributed by atoms with Crippen molar-refractivity contribution in [3.8, 4) is 11.5 Å². The van der Waals surface area contributed by atoms with Crippen molar-refractivity contribution in [2.75, 3.05) is 5.32 Å². The number of hydrogen-bond acceptors (Lipinski definition) is 7. The SMILES string of the molecule is CC1(C)OC(=O)C(=CNc2cc(F)c(Oc3ccnc(Cl)c3)cc2F)C(=O)O1. The lowest BCUT2D eigenvalue weighted by Gasteiger charge is -2.29. The third-order valence-electron chi connectivity index (χ3n) is 3.44. The average molecular weight is 411 g/mol. The molecule has 7 nitrogen and oxygen atoms in total. The number of nitrogens with one attached hydrogen (secondary N) is 1. The van der Waals surface area contributed by atoms with Gasteiger partial charge in [-0.25, -0.2) is 23.4 Å². The summed E-state index contributed by atoms with van der Waals surface area (Å²) in [7, 11) is 0. The molecule has 1 aliphatic rings. The van der Waals surface area contributed by atoms with Gasteiger partial charge in [0.05, 0.1) is 5.69 Å². The molecule has 0 radical (unpaired) electrons. The monoisotopic (exact) mass is 410 g/mol. The van der Waals surface area contributed by atoms with E-state index < -0.39 is 40.7 Å². The highest BCUT2D eigenvalue weighted by Gasteiger charge is 2.39. The topological polar surface area (TPSA) is 86.8 Å². The van der Waals surface area contributed by atoms with E-state index in [1.165, 1.54) is 32.2 Å². The molecule has 3 rings (SSSR count). The van der Waals surface area contributed by atoms with Crippen LogP contribution in [0.1, 0.15) is 13.8 Å². The van der Waals surface area contributed by atoms with E-state index in [4.69, 9.17) is 25.8 Å². The number of benzene rings is 1. The molecule has 1 aromatic heterocycles. The van der Waals surface area contributed by atoms with Crippen LogP contribution in [0.25, 0.3) is 0 Å². The zero-order valence-corrected chi connectivity index (χ0v) is 15.3. The van der Waals surface area contributed by atoms with Crippen molar-refractivity contribution < 1.29 is 32.6 Å². The Morgan fingerprint density at radius 2 is 1.82 bits per heavy atom. The summed E-state index contributed by atoms with van der Waals surface area (Å²) in [6.45, 7) is 2.77. The first-order chi connectivity index (χ1) is 13.1. The maximum Gasteiger partial charge on any atom is 0.350 e. The van der Waals surface area contributed by atoms with Gasteiger partial charge in [-0.05, 0) is 6.07 Å². The Kier molecular flexibility index (Phi) is 5.19. The zero-order chi connectivity index (χ0) is 20.5. The molecule has 0 amide bonds. The first kappa shape index (κ1) is 19.6. The lowest BCUT2D eigenvalue weighted by Crippen LogP contribution is -2.42. The van der Waals surface area contributed by atoms with Crippen LogP contribution in [0.2, 0.25) is 5.15 Å². The van der Waals surface area contributed by atoms with Gasteiger partial charge in [-0.1, -0.05) is 11.6 Å². The summed E-state index contributed by atoms with van der Waals surface area (Å²) >= 11 is 5.71. The van der Waals surface area contributed by atoms with Crippen molar-refractivity contribution in [2.45, 2.75) is 19.6 Å². The third kappa shape index (κ3) is 4.37. The Hall–Kier alpha value is -3.20. The highest BCUT2D eigenvalue weighted by molar-refractivity contribution is 6.29. The summed E-state index contributed by atoms with van der Waals surface area (Å²) in [5, 5.41) is 2.47. The summed E-state index contributed by atoms with van der Waals surface area (Å²) < 4.78 is 43.6. The van der Waals surface area contributed by atoms with Crippen LogP contribution in [0, 0.1) is 11.6 Å². The smallest absolute Gasteiger partial charge is 0.350 e. The van der Waals surface area contributed by atoms with Crippen molar-refractivity contribution in [2.24, 2.45) is 0 Å². The minimum absolute atomic E-state index is 0.123. The molecule has 1 aromatic carbocycles. The minimum Gasteiger partial charge on any atom is -0.454 e. The number of nitrogens with zero attached hydrogens (tertiary/aromatic N) is 1. The predicted molar refractivity (Wildman–Crippen MR) is 93.6 cm³/mol. The molecule has 0 aliphatic carbocycles. The molecule has 0 bridgehead atoms. The molecule has 1 saturated heterocycles. The number of aromatic nitrogens is 1. The highest BCUT2D eigenvalue weighted by atomic mass is 35.5. The number of halogens is 3. The summed E-state index contributed by atoms with van der Waals surface area (Å²) in [5.41, 5.74) is -0.832. The summed E-state index contributed by atoms with van der Waals surface area (Å²) in [5.74, 6) is -5.34. The molecule has 28 heavy (non-hydrogen) atoms. The van der Waals surface area contributed by atoms with Crippen molar-refractivity contribution >= 4 is 29.2 Å². The van der Waals surface area contributed by atoms with E-state index in [0.29, 0.717) is 0 Å². The molecule has 1 fully saturated rings. The van der Waals surface area contributed by atoms with Gasteiger partial charge in [0.25, 0.3) is 5.79 Å². The molecule has 1 aliphatic heterocycles. The molecule has 10 heteroatoms.